The molecule has 0 unspecified atom stereocenters. The van der Waals surface area contributed by atoms with E-state index in [0.29, 0.717) is 6.07 Å². The molecular weight excluding hydrogens is 563 g/mol. The molecule has 0 N–H and O–H groups in total. The van der Waals surface area contributed by atoms with Crippen molar-refractivity contribution in [3.8, 4) is 5.69 Å². The summed E-state index contributed by atoms with van der Waals surface area (Å²) in [5.74, 6) is -1.36. The second-order valence-corrected chi connectivity index (χ2v) is 10.4. The Labute approximate surface area is 204 Å². The molecule has 1 amide bonds. The van der Waals surface area contributed by atoms with E-state index in [1.54, 1.807) is 0 Å². The molecule has 0 atom stereocenters. The molecule has 0 fully saturated rings. The van der Waals surface area contributed by atoms with Crippen LogP contribution in [0.3, 0.4) is 0 Å². The van der Waals surface area contributed by atoms with Crippen LogP contribution in [0.15, 0.2) is 75.0 Å². The van der Waals surface area contributed by atoms with Crippen molar-refractivity contribution in [2.75, 3.05) is 6.26 Å². The molecule has 6 nitrogen and oxygen atoms in total. The van der Waals surface area contributed by atoms with Crippen molar-refractivity contribution in [1.82, 2.24) is 9.47 Å². The minimum Gasteiger partial charge on any atom is -0.282 e. The molecule has 3 aromatic rings. The lowest BCUT2D eigenvalue weighted by molar-refractivity contribution is -0.137. The van der Waals surface area contributed by atoms with Crippen LogP contribution in [-0.4, -0.2) is 36.6 Å². The fourth-order valence-electron chi connectivity index (χ4n) is 3.15. The quantitative estimate of drug-likeness (QED) is 0.308. The fraction of sp³-hybridized carbons (Fsp3) is 0.182. The maximum atomic E-state index is 13.8. The second-order valence-electron chi connectivity index (χ2n) is 7.42. The van der Waals surface area contributed by atoms with Gasteiger partial charge in [-0.05, 0) is 57.9 Å². The highest BCUT2D eigenvalue weighted by atomic mass is 79.9. The molecule has 1 aromatic heterocycles. The predicted octanol–water partition coefficient (Wildman–Crippen LogP) is 4.89. The van der Waals surface area contributed by atoms with Gasteiger partial charge in [-0.2, -0.15) is 22.0 Å². The molecular formula is C22H16BrF5N2O4S. The van der Waals surface area contributed by atoms with Crippen molar-refractivity contribution in [3.05, 3.63) is 92.3 Å². The van der Waals surface area contributed by atoms with E-state index in [9.17, 15) is 40.0 Å². The third kappa shape index (κ3) is 6.14. The van der Waals surface area contributed by atoms with E-state index in [4.69, 9.17) is 0 Å². The summed E-state index contributed by atoms with van der Waals surface area (Å²) in [6, 6.07) is 9.64. The Morgan fingerprint density at radius 3 is 2.26 bits per heavy atom. The molecule has 0 radical (unpaired) electrons. The van der Waals surface area contributed by atoms with E-state index in [0.717, 1.165) is 35.2 Å². The smallest absolute Gasteiger partial charge is 0.282 e. The van der Waals surface area contributed by atoms with Crippen LogP contribution in [-0.2, 0) is 22.6 Å². The van der Waals surface area contributed by atoms with Gasteiger partial charge in [0.1, 0.15) is 5.56 Å². The van der Waals surface area contributed by atoms with Crippen LogP contribution < -0.4 is 5.56 Å². The molecule has 0 aliphatic carbocycles. The first-order chi connectivity index (χ1) is 16.2. The van der Waals surface area contributed by atoms with Gasteiger partial charge in [0, 0.05) is 22.6 Å². The largest absolute Gasteiger partial charge is 0.416 e. The van der Waals surface area contributed by atoms with Crippen LogP contribution in [0.4, 0.5) is 22.0 Å². The summed E-state index contributed by atoms with van der Waals surface area (Å²) >= 11 is 3.05. The molecule has 2 aromatic carbocycles. The molecule has 0 bridgehead atoms. The summed E-state index contributed by atoms with van der Waals surface area (Å²) in [6.07, 6.45) is -2.60. The molecule has 0 spiro atoms. The molecule has 3 rings (SSSR count). The highest BCUT2D eigenvalue weighted by Crippen LogP contribution is 2.30. The minimum absolute atomic E-state index is 0.0489. The number of sulfone groups is 1. The molecule has 186 valence electrons. The standard InChI is InChI=1S/C22H16BrF5N2O4S/c1-35(33,34)17-7-5-13(6-8-17)11-30(21(24)25)20(32)18-10-15(23)12-29(19(18)31)16-4-2-3-14(9-16)22(26,27)28/h2-10,12,21H,11H2,1H3. The molecule has 0 saturated heterocycles. The van der Waals surface area contributed by atoms with Crippen LogP contribution in [0.5, 0.6) is 0 Å². The van der Waals surface area contributed by atoms with Gasteiger partial charge in [-0.25, -0.2) is 8.42 Å². The maximum Gasteiger partial charge on any atom is 0.416 e. The Bertz CT molecular complexity index is 1420. The van der Waals surface area contributed by atoms with Gasteiger partial charge in [-0.15, -0.1) is 0 Å². The summed E-state index contributed by atoms with van der Waals surface area (Å²) in [5.41, 5.74) is -2.90. The van der Waals surface area contributed by atoms with Gasteiger partial charge in [0.05, 0.1) is 17.0 Å². The monoisotopic (exact) mass is 578 g/mol. The SMILES string of the molecule is CS(=O)(=O)c1ccc(CN(C(=O)c2cc(Br)cn(-c3cccc(C(F)(F)F)c3)c2=O)C(F)F)cc1. The van der Waals surface area contributed by atoms with Gasteiger partial charge >= 0.3 is 12.7 Å². The number of halogens is 6. The van der Waals surface area contributed by atoms with Crippen molar-refractivity contribution in [3.63, 3.8) is 0 Å². The van der Waals surface area contributed by atoms with Crippen molar-refractivity contribution in [2.24, 2.45) is 0 Å². The Hall–Kier alpha value is -3.06. The highest BCUT2D eigenvalue weighted by Gasteiger charge is 2.31. The zero-order valence-corrected chi connectivity index (χ0v) is 20.2. The van der Waals surface area contributed by atoms with Crippen LogP contribution in [0.1, 0.15) is 21.5 Å². The summed E-state index contributed by atoms with van der Waals surface area (Å²) < 4.78 is 90.8. The molecule has 35 heavy (non-hydrogen) atoms. The van der Waals surface area contributed by atoms with Gasteiger partial charge in [0.25, 0.3) is 11.5 Å². The first-order valence-corrected chi connectivity index (χ1v) is 12.3. The van der Waals surface area contributed by atoms with E-state index in [1.807, 2.05) is 0 Å². The van der Waals surface area contributed by atoms with Crippen LogP contribution in [0, 0.1) is 0 Å². The number of benzene rings is 2. The number of carbonyl (C=O) groups is 1. The van der Waals surface area contributed by atoms with Gasteiger partial charge in [0.15, 0.2) is 9.84 Å². The summed E-state index contributed by atoms with van der Waals surface area (Å²) in [6.45, 7) is -3.99. The number of aromatic nitrogens is 1. The van der Waals surface area contributed by atoms with Crippen LogP contribution in [0.2, 0.25) is 0 Å². The number of alkyl halides is 5. The Kier molecular flexibility index (Phi) is 7.50. The van der Waals surface area contributed by atoms with Gasteiger partial charge in [0.2, 0.25) is 0 Å². The molecule has 1 heterocycles. The van der Waals surface area contributed by atoms with E-state index in [-0.39, 0.29) is 25.5 Å². The topological polar surface area (TPSA) is 76.5 Å². The first-order valence-electron chi connectivity index (χ1n) is 9.66. The van der Waals surface area contributed by atoms with Crippen LogP contribution >= 0.6 is 15.9 Å². The summed E-state index contributed by atoms with van der Waals surface area (Å²) in [4.78, 5) is 25.9. The fourth-order valence-corrected chi connectivity index (χ4v) is 4.21. The molecule has 0 aliphatic heterocycles. The normalized spacial score (nSPS) is 12.1. The summed E-state index contributed by atoms with van der Waals surface area (Å²) in [7, 11) is -3.53. The Morgan fingerprint density at radius 1 is 1.09 bits per heavy atom. The van der Waals surface area contributed by atoms with E-state index in [2.05, 4.69) is 15.9 Å². The van der Waals surface area contributed by atoms with Crippen molar-refractivity contribution < 1.29 is 35.2 Å². The number of rotatable bonds is 6. The predicted molar refractivity (Wildman–Crippen MR) is 120 cm³/mol. The highest BCUT2D eigenvalue weighted by molar-refractivity contribution is 9.10. The number of amides is 1. The van der Waals surface area contributed by atoms with Crippen molar-refractivity contribution in [2.45, 2.75) is 24.2 Å². The average molecular weight is 579 g/mol. The lowest BCUT2D eigenvalue weighted by Crippen LogP contribution is -2.39. The Morgan fingerprint density at radius 2 is 1.71 bits per heavy atom. The number of hydrogen-bond acceptors (Lipinski definition) is 4. The maximum absolute atomic E-state index is 13.8. The third-order valence-corrected chi connectivity index (χ3v) is 6.43. The lowest BCUT2D eigenvalue weighted by atomic mass is 10.1. The molecule has 13 heteroatoms. The molecule has 0 saturated carbocycles. The second kappa shape index (κ2) is 9.90. The number of nitrogens with zero attached hydrogens (tertiary/aromatic N) is 2. The Balaban J connectivity index is 2.01. The lowest BCUT2D eigenvalue weighted by Gasteiger charge is -2.22. The van der Waals surface area contributed by atoms with E-state index in [1.165, 1.54) is 30.3 Å². The average Bonchev–Trinajstić information content (AvgIpc) is 2.77. The van der Waals surface area contributed by atoms with E-state index < -0.39 is 51.7 Å². The zero-order chi connectivity index (χ0) is 26.1. The van der Waals surface area contributed by atoms with Crippen molar-refractivity contribution in [1.29, 1.82) is 0 Å². The van der Waals surface area contributed by atoms with Gasteiger partial charge in [-0.3, -0.25) is 19.1 Å². The first kappa shape index (κ1) is 26.5. The molecule has 0 aliphatic rings. The third-order valence-electron chi connectivity index (χ3n) is 4.87. The number of carbonyl (C=O) groups excluding carboxylic acids is 1. The number of hydrogen-bond donors (Lipinski definition) is 0. The zero-order valence-electron chi connectivity index (χ0n) is 17.8. The summed E-state index contributed by atoms with van der Waals surface area (Å²) in [5, 5.41) is 0. The minimum atomic E-state index is -4.69. The van der Waals surface area contributed by atoms with Gasteiger partial charge in [-0.1, -0.05) is 18.2 Å². The number of pyridine rings is 1. The van der Waals surface area contributed by atoms with Gasteiger partial charge < -0.3 is 0 Å². The van der Waals surface area contributed by atoms with E-state index >= 15 is 0 Å². The van der Waals surface area contributed by atoms with Crippen LogP contribution in [0.25, 0.3) is 5.69 Å². The van der Waals surface area contributed by atoms with Crippen molar-refractivity contribution >= 4 is 31.7 Å².